The Kier molecular flexibility index (Phi) is 5.22. The maximum Gasteiger partial charge on any atom is 0.350 e. The molecule has 1 amide bonds. The molecule has 26 heavy (non-hydrogen) atoms. The zero-order chi connectivity index (χ0) is 18.7. The van der Waals surface area contributed by atoms with Crippen molar-refractivity contribution >= 4 is 39.9 Å². The third-order valence-electron chi connectivity index (χ3n) is 3.98. The third-order valence-corrected chi connectivity index (χ3v) is 4.88. The van der Waals surface area contributed by atoms with Crippen molar-refractivity contribution in [3.63, 3.8) is 0 Å². The number of aromatic nitrogens is 2. The highest BCUT2D eigenvalue weighted by Gasteiger charge is 2.18. The molecule has 7 nitrogen and oxygen atoms in total. The maximum absolute atomic E-state index is 12.7. The zero-order valence-corrected chi connectivity index (χ0v) is 15.3. The minimum Gasteiger partial charge on any atom is -0.465 e. The summed E-state index contributed by atoms with van der Waals surface area (Å²) in [6.45, 7) is 2.45. The smallest absolute Gasteiger partial charge is 0.350 e. The molecule has 0 fully saturated rings. The van der Waals surface area contributed by atoms with Gasteiger partial charge in [0.25, 0.3) is 0 Å². The normalized spacial score (nSPS) is 10.8. The molecule has 3 rings (SSSR count). The summed E-state index contributed by atoms with van der Waals surface area (Å²) in [5.74, 6) is -0.887. The van der Waals surface area contributed by atoms with Crippen molar-refractivity contribution in [2.75, 3.05) is 12.4 Å². The topological polar surface area (TPSA) is 82.3 Å². The van der Waals surface area contributed by atoms with Gasteiger partial charge in [-0.15, -0.1) is 11.3 Å². The molecule has 136 valence electrons. The van der Waals surface area contributed by atoms with E-state index in [4.69, 9.17) is 4.74 Å². The first-order chi connectivity index (χ1) is 12.6. The van der Waals surface area contributed by atoms with Crippen LogP contribution in [0.3, 0.4) is 0 Å². The molecule has 0 saturated carbocycles. The number of methoxy groups -OCH3 is 1. The number of amides is 1. The van der Waals surface area contributed by atoms with Crippen LogP contribution in [0.5, 0.6) is 0 Å². The molecular formula is C18H19N3O4S. The van der Waals surface area contributed by atoms with Gasteiger partial charge < -0.3 is 10.1 Å². The van der Waals surface area contributed by atoms with Gasteiger partial charge in [0.15, 0.2) is 0 Å². The second-order valence-corrected chi connectivity index (χ2v) is 6.63. The van der Waals surface area contributed by atoms with Crippen molar-refractivity contribution in [1.29, 1.82) is 0 Å². The molecule has 0 aliphatic rings. The van der Waals surface area contributed by atoms with Crippen molar-refractivity contribution < 1.29 is 14.3 Å². The van der Waals surface area contributed by atoms with Gasteiger partial charge in [0.1, 0.15) is 11.4 Å². The predicted molar refractivity (Wildman–Crippen MR) is 101 cm³/mol. The standard InChI is InChI=1S/C18H19N3O4S/c1-3-9-20-13-6-4-5-7-14(13)21(18(20)24)11-15(22)19-12-8-10-26-16(12)17(23)25-2/h4-8,10H,3,9,11H2,1-2H3,(H,19,22). The number of thiophene rings is 1. The summed E-state index contributed by atoms with van der Waals surface area (Å²) in [7, 11) is 1.29. The molecule has 0 aliphatic heterocycles. The molecule has 3 aromatic rings. The number of esters is 1. The van der Waals surface area contributed by atoms with Crippen LogP contribution in [0.25, 0.3) is 11.0 Å². The average molecular weight is 373 g/mol. The molecular weight excluding hydrogens is 354 g/mol. The third kappa shape index (κ3) is 3.28. The molecule has 0 radical (unpaired) electrons. The summed E-state index contributed by atoms with van der Waals surface area (Å²) in [5, 5.41) is 4.38. The number of hydrogen-bond acceptors (Lipinski definition) is 5. The van der Waals surface area contributed by atoms with Crippen LogP contribution in [0.15, 0.2) is 40.5 Å². The van der Waals surface area contributed by atoms with Gasteiger partial charge in [0.05, 0.1) is 23.8 Å². The first kappa shape index (κ1) is 17.9. The van der Waals surface area contributed by atoms with E-state index in [1.807, 2.05) is 31.2 Å². The second kappa shape index (κ2) is 7.57. The molecule has 0 bridgehead atoms. The van der Waals surface area contributed by atoms with Crippen molar-refractivity contribution in [2.45, 2.75) is 26.4 Å². The number of carbonyl (C=O) groups excluding carboxylic acids is 2. The van der Waals surface area contributed by atoms with Gasteiger partial charge in [-0.3, -0.25) is 13.9 Å². The van der Waals surface area contributed by atoms with E-state index in [-0.39, 0.29) is 18.1 Å². The Hall–Kier alpha value is -2.87. The van der Waals surface area contributed by atoms with Crippen LogP contribution < -0.4 is 11.0 Å². The van der Waals surface area contributed by atoms with Crippen LogP contribution in [-0.2, 0) is 22.6 Å². The van der Waals surface area contributed by atoms with E-state index in [0.717, 1.165) is 11.9 Å². The van der Waals surface area contributed by atoms with Crippen LogP contribution in [0, 0.1) is 0 Å². The first-order valence-electron chi connectivity index (χ1n) is 8.20. The Labute approximate surface area is 153 Å². The monoisotopic (exact) mass is 373 g/mol. The Bertz CT molecular complexity index is 1020. The zero-order valence-electron chi connectivity index (χ0n) is 14.5. The number of anilines is 1. The maximum atomic E-state index is 12.7. The van der Waals surface area contributed by atoms with Gasteiger partial charge in [-0.25, -0.2) is 9.59 Å². The molecule has 0 saturated heterocycles. The van der Waals surface area contributed by atoms with E-state index in [2.05, 4.69) is 5.32 Å². The lowest BCUT2D eigenvalue weighted by Crippen LogP contribution is -2.29. The Morgan fingerprint density at radius 3 is 2.50 bits per heavy atom. The number of nitrogens with zero attached hydrogens (tertiary/aromatic N) is 2. The van der Waals surface area contributed by atoms with E-state index in [1.165, 1.54) is 23.0 Å². The summed E-state index contributed by atoms with van der Waals surface area (Å²) in [4.78, 5) is 37.2. The highest BCUT2D eigenvalue weighted by molar-refractivity contribution is 7.12. The van der Waals surface area contributed by atoms with E-state index >= 15 is 0 Å². The number of nitrogens with one attached hydrogen (secondary N) is 1. The minimum atomic E-state index is -0.507. The van der Waals surface area contributed by atoms with Crippen molar-refractivity contribution in [2.24, 2.45) is 0 Å². The van der Waals surface area contributed by atoms with Gasteiger partial charge in [-0.1, -0.05) is 19.1 Å². The quantitative estimate of drug-likeness (QED) is 0.674. The SMILES string of the molecule is CCCn1c(=O)n(CC(=O)Nc2ccsc2C(=O)OC)c2ccccc21. The molecule has 2 aromatic heterocycles. The van der Waals surface area contributed by atoms with Crippen LogP contribution in [0.1, 0.15) is 23.0 Å². The fourth-order valence-electron chi connectivity index (χ4n) is 2.86. The average Bonchev–Trinajstić information content (AvgIpc) is 3.20. The van der Waals surface area contributed by atoms with E-state index < -0.39 is 5.97 Å². The highest BCUT2D eigenvalue weighted by atomic mass is 32.1. The van der Waals surface area contributed by atoms with Crippen molar-refractivity contribution in [3.05, 3.63) is 51.1 Å². The van der Waals surface area contributed by atoms with Gasteiger partial charge in [0, 0.05) is 6.54 Å². The number of aryl methyl sites for hydroxylation is 1. The molecule has 0 aliphatic carbocycles. The van der Waals surface area contributed by atoms with Crippen molar-refractivity contribution in [3.8, 4) is 0 Å². The fraction of sp³-hybridized carbons (Fsp3) is 0.278. The molecule has 0 unspecified atom stereocenters. The Morgan fingerprint density at radius 2 is 1.85 bits per heavy atom. The minimum absolute atomic E-state index is 0.132. The number of hydrogen-bond donors (Lipinski definition) is 1. The van der Waals surface area contributed by atoms with Crippen LogP contribution in [0.4, 0.5) is 5.69 Å². The molecule has 1 N–H and O–H groups in total. The summed E-state index contributed by atoms with van der Waals surface area (Å²) in [6.07, 6.45) is 0.817. The number of imidazole rings is 1. The number of ether oxygens (including phenoxy) is 1. The Morgan fingerprint density at radius 1 is 1.15 bits per heavy atom. The fourth-order valence-corrected chi connectivity index (χ4v) is 3.62. The second-order valence-electron chi connectivity index (χ2n) is 5.71. The van der Waals surface area contributed by atoms with Gasteiger partial charge >= 0.3 is 11.7 Å². The van der Waals surface area contributed by atoms with Gasteiger partial charge in [-0.2, -0.15) is 0 Å². The summed E-state index contributed by atoms with van der Waals surface area (Å²) in [5.41, 5.74) is 1.68. The Balaban J connectivity index is 1.89. The summed E-state index contributed by atoms with van der Waals surface area (Å²) < 4.78 is 7.83. The largest absolute Gasteiger partial charge is 0.465 e. The number of carbonyl (C=O) groups is 2. The summed E-state index contributed by atoms with van der Waals surface area (Å²) in [6, 6.07) is 9.03. The van der Waals surface area contributed by atoms with E-state index in [9.17, 15) is 14.4 Å². The highest BCUT2D eigenvalue weighted by Crippen LogP contribution is 2.23. The van der Waals surface area contributed by atoms with Gasteiger partial charge in [-0.05, 0) is 30.0 Å². The lowest BCUT2D eigenvalue weighted by atomic mass is 10.3. The number of para-hydroxylation sites is 2. The molecule has 1 aromatic carbocycles. The van der Waals surface area contributed by atoms with Gasteiger partial charge in [0.2, 0.25) is 5.91 Å². The van der Waals surface area contributed by atoms with E-state index in [0.29, 0.717) is 22.6 Å². The lowest BCUT2D eigenvalue weighted by molar-refractivity contribution is -0.116. The summed E-state index contributed by atoms with van der Waals surface area (Å²) >= 11 is 1.19. The first-order valence-corrected chi connectivity index (χ1v) is 9.08. The van der Waals surface area contributed by atoms with Crippen LogP contribution >= 0.6 is 11.3 Å². The molecule has 2 heterocycles. The predicted octanol–water partition coefficient (Wildman–Crippen LogP) is 2.70. The number of fused-ring (bicyclic) bond motifs is 1. The van der Waals surface area contributed by atoms with Crippen LogP contribution in [0.2, 0.25) is 0 Å². The number of rotatable bonds is 6. The number of benzene rings is 1. The molecule has 0 spiro atoms. The van der Waals surface area contributed by atoms with E-state index in [1.54, 1.807) is 16.0 Å². The van der Waals surface area contributed by atoms with Crippen LogP contribution in [-0.4, -0.2) is 28.1 Å². The molecule has 0 atom stereocenters. The van der Waals surface area contributed by atoms with Crippen molar-refractivity contribution in [1.82, 2.24) is 9.13 Å². The lowest BCUT2D eigenvalue weighted by Gasteiger charge is -2.06. The molecule has 8 heteroatoms.